The standard InChI is InChI=1S/C14H13BrO2S/c15-13-6-2-1-5-11(13)12(14(16)17)8-7-10-4-3-9-18-10/h1-6,9,12H,7-8H2,(H,16,17). The SMILES string of the molecule is O=C(O)C(CCc1cccs1)c1ccccc1Br. The maximum atomic E-state index is 11.4. The molecule has 1 heterocycles. The van der Waals surface area contributed by atoms with E-state index in [0.717, 1.165) is 16.5 Å². The fourth-order valence-corrected chi connectivity index (χ4v) is 3.20. The van der Waals surface area contributed by atoms with Crippen LogP contribution in [0, 0.1) is 0 Å². The van der Waals surface area contributed by atoms with Crippen LogP contribution in [0.1, 0.15) is 22.8 Å². The van der Waals surface area contributed by atoms with Crippen molar-refractivity contribution in [2.24, 2.45) is 0 Å². The Morgan fingerprint density at radius 2 is 2.06 bits per heavy atom. The lowest BCUT2D eigenvalue weighted by atomic mass is 9.94. The first-order valence-corrected chi connectivity index (χ1v) is 7.35. The molecule has 0 fully saturated rings. The molecule has 0 bridgehead atoms. The van der Waals surface area contributed by atoms with E-state index in [4.69, 9.17) is 0 Å². The van der Waals surface area contributed by atoms with Gasteiger partial charge in [0.15, 0.2) is 0 Å². The number of carboxylic acid groups (broad SMARTS) is 1. The minimum atomic E-state index is -0.765. The van der Waals surface area contributed by atoms with Crippen LogP contribution in [0.4, 0.5) is 0 Å². The maximum Gasteiger partial charge on any atom is 0.311 e. The van der Waals surface area contributed by atoms with Gasteiger partial charge >= 0.3 is 5.97 Å². The molecule has 1 aromatic heterocycles. The summed E-state index contributed by atoms with van der Waals surface area (Å²) in [6.45, 7) is 0. The molecule has 1 atom stereocenters. The first-order valence-electron chi connectivity index (χ1n) is 5.68. The largest absolute Gasteiger partial charge is 0.481 e. The quantitative estimate of drug-likeness (QED) is 0.889. The van der Waals surface area contributed by atoms with Gasteiger partial charge in [0.2, 0.25) is 0 Å². The maximum absolute atomic E-state index is 11.4. The second-order valence-corrected chi connectivity index (χ2v) is 5.92. The predicted molar refractivity (Wildman–Crippen MR) is 77.2 cm³/mol. The summed E-state index contributed by atoms with van der Waals surface area (Å²) >= 11 is 5.09. The molecule has 94 valence electrons. The Bertz CT molecular complexity index is 522. The average molecular weight is 325 g/mol. The normalized spacial score (nSPS) is 12.3. The predicted octanol–water partition coefficient (Wildman–Crippen LogP) is 4.31. The summed E-state index contributed by atoms with van der Waals surface area (Å²) in [6.07, 6.45) is 1.43. The molecule has 0 radical (unpaired) electrons. The van der Waals surface area contributed by atoms with E-state index in [0.29, 0.717) is 6.42 Å². The molecule has 2 rings (SSSR count). The summed E-state index contributed by atoms with van der Waals surface area (Å²) in [7, 11) is 0. The topological polar surface area (TPSA) is 37.3 Å². The van der Waals surface area contributed by atoms with Crippen molar-refractivity contribution < 1.29 is 9.90 Å². The smallest absolute Gasteiger partial charge is 0.311 e. The van der Waals surface area contributed by atoms with Crippen LogP contribution in [0.2, 0.25) is 0 Å². The molecule has 0 aliphatic heterocycles. The summed E-state index contributed by atoms with van der Waals surface area (Å²) in [6, 6.07) is 11.6. The monoisotopic (exact) mass is 324 g/mol. The van der Waals surface area contributed by atoms with Gasteiger partial charge in [0, 0.05) is 9.35 Å². The molecule has 2 aromatic rings. The van der Waals surface area contributed by atoms with Gasteiger partial charge in [0.25, 0.3) is 0 Å². The highest BCUT2D eigenvalue weighted by atomic mass is 79.9. The van der Waals surface area contributed by atoms with E-state index in [1.165, 1.54) is 4.88 Å². The summed E-state index contributed by atoms with van der Waals surface area (Å²) in [5, 5.41) is 11.4. The van der Waals surface area contributed by atoms with Crippen LogP contribution in [0.5, 0.6) is 0 Å². The van der Waals surface area contributed by atoms with Crippen LogP contribution in [0.25, 0.3) is 0 Å². The van der Waals surface area contributed by atoms with Gasteiger partial charge < -0.3 is 5.11 Å². The zero-order valence-corrected chi connectivity index (χ0v) is 12.1. The van der Waals surface area contributed by atoms with Crippen molar-refractivity contribution in [3.8, 4) is 0 Å². The van der Waals surface area contributed by atoms with E-state index < -0.39 is 11.9 Å². The zero-order valence-electron chi connectivity index (χ0n) is 9.67. The van der Waals surface area contributed by atoms with Crippen LogP contribution in [0.3, 0.4) is 0 Å². The van der Waals surface area contributed by atoms with Crippen LogP contribution in [-0.4, -0.2) is 11.1 Å². The highest BCUT2D eigenvalue weighted by molar-refractivity contribution is 9.10. The molecule has 1 N–H and O–H groups in total. The third-order valence-corrected chi connectivity index (χ3v) is 4.50. The highest BCUT2D eigenvalue weighted by Crippen LogP contribution is 2.29. The molecule has 0 amide bonds. The molecule has 2 nitrogen and oxygen atoms in total. The third-order valence-electron chi connectivity index (χ3n) is 2.84. The van der Waals surface area contributed by atoms with Gasteiger partial charge in [-0.1, -0.05) is 40.2 Å². The molecule has 18 heavy (non-hydrogen) atoms. The fourth-order valence-electron chi connectivity index (χ4n) is 1.91. The summed E-state index contributed by atoms with van der Waals surface area (Å²) in [5.74, 6) is -1.22. The van der Waals surface area contributed by atoms with Crippen molar-refractivity contribution in [3.05, 3.63) is 56.7 Å². The van der Waals surface area contributed by atoms with Crippen molar-refractivity contribution in [1.29, 1.82) is 0 Å². The second kappa shape index (κ2) is 6.16. The van der Waals surface area contributed by atoms with Crippen LogP contribution in [0.15, 0.2) is 46.3 Å². The molecule has 0 saturated heterocycles. The third kappa shape index (κ3) is 3.21. The first-order chi connectivity index (χ1) is 8.68. The molecule has 1 aromatic carbocycles. The van der Waals surface area contributed by atoms with E-state index in [1.807, 2.05) is 41.8 Å². The minimum Gasteiger partial charge on any atom is -0.481 e. The number of benzene rings is 1. The number of aliphatic carboxylic acids is 1. The number of halogens is 1. The lowest BCUT2D eigenvalue weighted by Crippen LogP contribution is -2.13. The van der Waals surface area contributed by atoms with Crippen LogP contribution in [-0.2, 0) is 11.2 Å². The Hall–Kier alpha value is -1.13. The lowest BCUT2D eigenvalue weighted by Gasteiger charge is -2.13. The summed E-state index contributed by atoms with van der Waals surface area (Å²) in [4.78, 5) is 12.6. The van der Waals surface area contributed by atoms with Gasteiger partial charge in [-0.05, 0) is 35.9 Å². The first kappa shape index (κ1) is 13.3. The second-order valence-electron chi connectivity index (χ2n) is 4.03. The van der Waals surface area contributed by atoms with Gasteiger partial charge in [-0.15, -0.1) is 11.3 Å². The molecule has 0 aliphatic rings. The van der Waals surface area contributed by atoms with Crippen molar-refractivity contribution in [2.75, 3.05) is 0 Å². The van der Waals surface area contributed by atoms with Crippen molar-refractivity contribution >= 4 is 33.2 Å². The van der Waals surface area contributed by atoms with Crippen LogP contribution < -0.4 is 0 Å². The molecular weight excluding hydrogens is 312 g/mol. The van der Waals surface area contributed by atoms with E-state index in [1.54, 1.807) is 11.3 Å². The van der Waals surface area contributed by atoms with Gasteiger partial charge in [-0.25, -0.2) is 0 Å². The summed E-state index contributed by atoms with van der Waals surface area (Å²) < 4.78 is 0.864. The molecule has 0 spiro atoms. The molecular formula is C14H13BrO2S. The number of hydrogen-bond donors (Lipinski definition) is 1. The van der Waals surface area contributed by atoms with Gasteiger partial charge in [0.1, 0.15) is 0 Å². The fraction of sp³-hybridized carbons (Fsp3) is 0.214. The van der Waals surface area contributed by atoms with E-state index in [-0.39, 0.29) is 0 Å². The van der Waals surface area contributed by atoms with Crippen LogP contribution >= 0.6 is 27.3 Å². The van der Waals surface area contributed by atoms with E-state index in [9.17, 15) is 9.90 Å². The number of rotatable bonds is 5. The Morgan fingerprint density at radius 1 is 1.28 bits per heavy atom. The molecule has 1 unspecified atom stereocenters. The van der Waals surface area contributed by atoms with Crippen molar-refractivity contribution in [1.82, 2.24) is 0 Å². The Labute approximate surface area is 118 Å². The Morgan fingerprint density at radius 3 is 2.67 bits per heavy atom. The van der Waals surface area contributed by atoms with Gasteiger partial charge in [-0.2, -0.15) is 0 Å². The van der Waals surface area contributed by atoms with E-state index >= 15 is 0 Å². The number of aryl methyl sites for hydroxylation is 1. The zero-order chi connectivity index (χ0) is 13.0. The molecule has 0 aliphatic carbocycles. The Kier molecular flexibility index (Phi) is 4.55. The number of carboxylic acids is 1. The number of carbonyl (C=O) groups is 1. The molecule has 4 heteroatoms. The van der Waals surface area contributed by atoms with Crippen molar-refractivity contribution in [2.45, 2.75) is 18.8 Å². The van der Waals surface area contributed by atoms with Crippen molar-refractivity contribution in [3.63, 3.8) is 0 Å². The summed E-state index contributed by atoms with van der Waals surface area (Å²) in [5.41, 5.74) is 0.849. The van der Waals surface area contributed by atoms with E-state index in [2.05, 4.69) is 15.9 Å². The average Bonchev–Trinajstić information content (AvgIpc) is 2.84. The minimum absolute atomic E-state index is 0.456. The lowest BCUT2D eigenvalue weighted by molar-refractivity contribution is -0.139. The van der Waals surface area contributed by atoms with Gasteiger partial charge in [0.05, 0.1) is 5.92 Å². The Balaban J connectivity index is 2.14. The number of thiophene rings is 1. The highest BCUT2D eigenvalue weighted by Gasteiger charge is 2.21. The van der Waals surface area contributed by atoms with Gasteiger partial charge in [-0.3, -0.25) is 4.79 Å². The molecule has 0 saturated carbocycles. The number of hydrogen-bond acceptors (Lipinski definition) is 2.